The molecule has 0 aromatic heterocycles. The number of ether oxygens (including phenoxy) is 1. The fourth-order valence-corrected chi connectivity index (χ4v) is 2.16. The van der Waals surface area contributed by atoms with Gasteiger partial charge in [-0.1, -0.05) is 12.1 Å². The number of piperidine rings is 1. The number of nitrogens with two attached hydrogens (primary N) is 1. The summed E-state index contributed by atoms with van der Waals surface area (Å²) in [6.07, 6.45) is 2.49. The van der Waals surface area contributed by atoms with E-state index in [0.29, 0.717) is 12.5 Å². The zero-order chi connectivity index (χ0) is 12.1. The van der Waals surface area contributed by atoms with Crippen LogP contribution < -0.4 is 10.5 Å². The predicted octanol–water partition coefficient (Wildman–Crippen LogP) is 1.87. The van der Waals surface area contributed by atoms with E-state index < -0.39 is 0 Å². The molecule has 1 aromatic carbocycles. The van der Waals surface area contributed by atoms with E-state index in [2.05, 4.69) is 11.9 Å². The molecule has 0 saturated carbocycles. The molecule has 1 fully saturated rings. The van der Waals surface area contributed by atoms with Gasteiger partial charge in [0.05, 0.1) is 6.61 Å². The van der Waals surface area contributed by atoms with Gasteiger partial charge in [0.2, 0.25) is 0 Å². The summed E-state index contributed by atoms with van der Waals surface area (Å²) in [6.45, 7) is 3.82. The third-order valence-corrected chi connectivity index (χ3v) is 3.48. The van der Waals surface area contributed by atoms with Gasteiger partial charge < -0.3 is 15.4 Å². The Hall–Kier alpha value is -1.06. The Kier molecular flexibility index (Phi) is 4.40. The second-order valence-corrected chi connectivity index (χ2v) is 4.91. The van der Waals surface area contributed by atoms with Gasteiger partial charge in [-0.15, -0.1) is 0 Å². The molecule has 0 amide bonds. The lowest BCUT2D eigenvalue weighted by atomic mass is 9.98. The largest absolute Gasteiger partial charge is 0.493 e. The molecule has 1 aliphatic heterocycles. The lowest BCUT2D eigenvalue weighted by Gasteiger charge is -2.28. The van der Waals surface area contributed by atoms with Gasteiger partial charge in [0.25, 0.3) is 0 Å². The minimum atomic E-state index is 0.592. The number of likely N-dealkylation sites (tertiary alicyclic amines) is 1. The predicted molar refractivity (Wildman–Crippen MR) is 70.0 cm³/mol. The fraction of sp³-hybridized carbons (Fsp3) is 0.571. The zero-order valence-electron chi connectivity index (χ0n) is 10.6. The maximum atomic E-state index is 5.82. The summed E-state index contributed by atoms with van der Waals surface area (Å²) in [7, 11) is 2.18. The number of benzene rings is 1. The van der Waals surface area contributed by atoms with Crippen LogP contribution in [0.1, 0.15) is 18.4 Å². The minimum Gasteiger partial charge on any atom is -0.493 e. The average Bonchev–Trinajstić information content (AvgIpc) is 2.39. The highest BCUT2D eigenvalue weighted by Gasteiger charge is 2.16. The summed E-state index contributed by atoms with van der Waals surface area (Å²) in [4.78, 5) is 2.38. The summed E-state index contributed by atoms with van der Waals surface area (Å²) in [5, 5.41) is 0. The molecular weight excluding hydrogens is 212 g/mol. The van der Waals surface area contributed by atoms with E-state index in [-0.39, 0.29) is 0 Å². The molecule has 0 radical (unpaired) electrons. The third-order valence-electron chi connectivity index (χ3n) is 3.48. The Labute approximate surface area is 104 Å². The normalized spacial score (nSPS) is 18.2. The van der Waals surface area contributed by atoms with E-state index in [0.717, 1.165) is 17.9 Å². The smallest absolute Gasteiger partial charge is 0.119 e. The first-order valence-electron chi connectivity index (χ1n) is 6.38. The van der Waals surface area contributed by atoms with Gasteiger partial charge in [0.15, 0.2) is 0 Å². The van der Waals surface area contributed by atoms with Crippen molar-refractivity contribution in [2.75, 3.05) is 26.7 Å². The van der Waals surface area contributed by atoms with Gasteiger partial charge >= 0.3 is 0 Å². The highest BCUT2D eigenvalue weighted by molar-refractivity contribution is 5.27. The van der Waals surface area contributed by atoms with Gasteiger partial charge in [0, 0.05) is 6.54 Å². The highest BCUT2D eigenvalue weighted by Crippen LogP contribution is 2.18. The summed E-state index contributed by atoms with van der Waals surface area (Å²) >= 11 is 0. The van der Waals surface area contributed by atoms with E-state index in [1.54, 1.807) is 0 Å². The first-order chi connectivity index (χ1) is 8.28. The summed E-state index contributed by atoms with van der Waals surface area (Å²) < 4.78 is 5.82. The Balaban J connectivity index is 1.77. The Bertz CT molecular complexity index is 329. The molecule has 0 bridgehead atoms. The number of hydrogen-bond donors (Lipinski definition) is 1. The standard InChI is InChI=1S/C14H22N2O/c1-16-8-6-13(7-9-16)11-17-14-4-2-12(10-15)3-5-14/h2-5,13H,6-11,15H2,1H3. The van der Waals surface area contributed by atoms with Crippen molar-refractivity contribution in [3.8, 4) is 5.75 Å². The van der Waals surface area contributed by atoms with Crippen molar-refractivity contribution in [1.82, 2.24) is 4.90 Å². The quantitative estimate of drug-likeness (QED) is 0.864. The SMILES string of the molecule is CN1CCC(COc2ccc(CN)cc2)CC1. The van der Waals surface area contributed by atoms with Crippen LogP contribution in [0.5, 0.6) is 5.75 Å². The zero-order valence-corrected chi connectivity index (χ0v) is 10.6. The maximum Gasteiger partial charge on any atom is 0.119 e. The second kappa shape index (κ2) is 6.03. The topological polar surface area (TPSA) is 38.5 Å². The van der Waals surface area contributed by atoms with E-state index >= 15 is 0 Å². The van der Waals surface area contributed by atoms with Crippen molar-refractivity contribution in [2.24, 2.45) is 11.7 Å². The summed E-state index contributed by atoms with van der Waals surface area (Å²) in [5.74, 6) is 1.67. The van der Waals surface area contributed by atoms with Crippen LogP contribution in [0.2, 0.25) is 0 Å². The molecule has 2 N–H and O–H groups in total. The van der Waals surface area contributed by atoms with Crippen molar-refractivity contribution in [1.29, 1.82) is 0 Å². The van der Waals surface area contributed by atoms with Crippen LogP contribution in [0, 0.1) is 5.92 Å². The van der Waals surface area contributed by atoms with Gasteiger partial charge in [-0.05, 0) is 56.6 Å². The van der Waals surface area contributed by atoms with E-state index in [1.807, 2.05) is 24.3 Å². The van der Waals surface area contributed by atoms with Crippen molar-refractivity contribution in [3.05, 3.63) is 29.8 Å². The van der Waals surface area contributed by atoms with Gasteiger partial charge in [-0.2, -0.15) is 0 Å². The first kappa shape index (κ1) is 12.4. The van der Waals surface area contributed by atoms with E-state index in [9.17, 15) is 0 Å². The average molecular weight is 234 g/mol. The van der Waals surface area contributed by atoms with Crippen LogP contribution >= 0.6 is 0 Å². The molecule has 2 rings (SSSR count). The molecular formula is C14H22N2O. The lowest BCUT2D eigenvalue weighted by molar-refractivity contribution is 0.160. The van der Waals surface area contributed by atoms with Crippen LogP contribution in [0.4, 0.5) is 0 Å². The first-order valence-corrected chi connectivity index (χ1v) is 6.38. The molecule has 1 aromatic rings. The maximum absolute atomic E-state index is 5.82. The lowest BCUT2D eigenvalue weighted by Crippen LogP contribution is -2.32. The van der Waals surface area contributed by atoms with Crippen LogP contribution in [0.15, 0.2) is 24.3 Å². The molecule has 1 saturated heterocycles. The molecule has 94 valence electrons. The molecule has 0 atom stereocenters. The molecule has 3 nitrogen and oxygen atoms in total. The number of nitrogens with zero attached hydrogens (tertiary/aromatic N) is 1. The monoisotopic (exact) mass is 234 g/mol. The van der Waals surface area contributed by atoms with Crippen LogP contribution in [0.3, 0.4) is 0 Å². The molecule has 17 heavy (non-hydrogen) atoms. The van der Waals surface area contributed by atoms with Crippen molar-refractivity contribution in [2.45, 2.75) is 19.4 Å². The minimum absolute atomic E-state index is 0.592. The van der Waals surface area contributed by atoms with Gasteiger partial charge in [0.1, 0.15) is 5.75 Å². The third kappa shape index (κ3) is 3.72. The molecule has 0 aliphatic carbocycles. The summed E-state index contributed by atoms with van der Waals surface area (Å²) in [6, 6.07) is 8.09. The van der Waals surface area contributed by atoms with Crippen molar-refractivity contribution < 1.29 is 4.74 Å². The number of rotatable bonds is 4. The molecule has 0 spiro atoms. The van der Waals surface area contributed by atoms with Crippen molar-refractivity contribution >= 4 is 0 Å². The summed E-state index contributed by atoms with van der Waals surface area (Å²) in [5.41, 5.74) is 6.71. The van der Waals surface area contributed by atoms with Gasteiger partial charge in [-0.25, -0.2) is 0 Å². The molecule has 1 heterocycles. The van der Waals surface area contributed by atoms with Gasteiger partial charge in [-0.3, -0.25) is 0 Å². The van der Waals surface area contributed by atoms with Crippen LogP contribution in [-0.2, 0) is 6.54 Å². The molecule has 1 aliphatic rings. The Morgan fingerprint density at radius 3 is 2.47 bits per heavy atom. The Morgan fingerprint density at radius 1 is 1.24 bits per heavy atom. The molecule has 3 heteroatoms. The van der Waals surface area contributed by atoms with Crippen molar-refractivity contribution in [3.63, 3.8) is 0 Å². The fourth-order valence-electron chi connectivity index (χ4n) is 2.16. The van der Waals surface area contributed by atoms with E-state index in [1.165, 1.54) is 25.9 Å². The highest BCUT2D eigenvalue weighted by atomic mass is 16.5. The van der Waals surface area contributed by atoms with E-state index in [4.69, 9.17) is 10.5 Å². The second-order valence-electron chi connectivity index (χ2n) is 4.91. The van der Waals surface area contributed by atoms with Crippen LogP contribution in [-0.4, -0.2) is 31.6 Å². The Morgan fingerprint density at radius 2 is 1.88 bits per heavy atom. The number of hydrogen-bond acceptors (Lipinski definition) is 3. The van der Waals surface area contributed by atoms with Crippen LogP contribution in [0.25, 0.3) is 0 Å². The molecule has 0 unspecified atom stereocenters.